The molecular formula is C32H48O4. The number of carbonyl (C=O) groups is 2. The molecule has 0 saturated heterocycles. The Morgan fingerprint density at radius 2 is 1.39 bits per heavy atom. The Kier molecular flexibility index (Phi) is 10.3. The lowest BCUT2D eigenvalue weighted by atomic mass is 9.68. The van der Waals surface area contributed by atoms with Crippen LogP contribution in [0.25, 0.3) is 0 Å². The lowest BCUT2D eigenvalue weighted by molar-refractivity contribution is -0.148. The van der Waals surface area contributed by atoms with Gasteiger partial charge in [-0.1, -0.05) is 57.6 Å². The van der Waals surface area contributed by atoms with Crippen molar-refractivity contribution in [3.63, 3.8) is 0 Å². The highest BCUT2D eigenvalue weighted by Crippen LogP contribution is 2.42. The highest BCUT2D eigenvalue weighted by molar-refractivity contribution is 5.75. The van der Waals surface area contributed by atoms with E-state index < -0.39 is 0 Å². The number of unbranched alkanes of at least 4 members (excludes halogenated alkanes) is 2. The summed E-state index contributed by atoms with van der Waals surface area (Å²) in [6.07, 6.45) is 19.6. The van der Waals surface area contributed by atoms with Crippen LogP contribution in [0.15, 0.2) is 24.3 Å². The second-order valence-electron chi connectivity index (χ2n) is 12.0. The maximum atomic E-state index is 12.9. The summed E-state index contributed by atoms with van der Waals surface area (Å²) in [4.78, 5) is 24.0. The number of carbonyl (C=O) groups excluding carboxylic acids is 2. The average Bonchev–Trinajstić information content (AvgIpc) is 2.90. The fraction of sp³-hybridized carbons (Fsp3) is 0.750. The van der Waals surface area contributed by atoms with Crippen LogP contribution >= 0.6 is 0 Å². The Morgan fingerprint density at radius 3 is 1.97 bits per heavy atom. The molecule has 0 aliphatic heterocycles. The van der Waals surface area contributed by atoms with E-state index in [2.05, 4.69) is 19.1 Å². The topological polar surface area (TPSA) is 52.6 Å². The van der Waals surface area contributed by atoms with Crippen molar-refractivity contribution in [1.29, 1.82) is 0 Å². The third-order valence-electron chi connectivity index (χ3n) is 9.46. The van der Waals surface area contributed by atoms with Gasteiger partial charge < -0.3 is 9.47 Å². The van der Waals surface area contributed by atoms with Crippen molar-refractivity contribution in [2.75, 3.05) is 0 Å². The molecule has 1 aromatic rings. The van der Waals surface area contributed by atoms with Crippen molar-refractivity contribution >= 4 is 11.9 Å². The molecule has 1 aromatic carbocycles. The van der Waals surface area contributed by atoms with Crippen LogP contribution < -0.4 is 4.74 Å². The molecule has 200 valence electrons. The molecule has 0 spiro atoms. The summed E-state index contributed by atoms with van der Waals surface area (Å²) < 4.78 is 11.2. The molecular weight excluding hydrogens is 448 g/mol. The van der Waals surface area contributed by atoms with Crippen molar-refractivity contribution in [2.45, 2.75) is 129 Å². The number of benzene rings is 1. The smallest absolute Gasteiger partial charge is 0.314 e. The summed E-state index contributed by atoms with van der Waals surface area (Å²) in [6, 6.07) is 8.12. The molecule has 4 nitrogen and oxygen atoms in total. The Labute approximate surface area is 218 Å². The molecule has 0 aromatic heterocycles. The molecule has 36 heavy (non-hydrogen) atoms. The van der Waals surface area contributed by atoms with Gasteiger partial charge in [0.25, 0.3) is 0 Å². The van der Waals surface area contributed by atoms with Crippen LogP contribution in [0.4, 0.5) is 0 Å². The zero-order valence-electron chi connectivity index (χ0n) is 22.7. The molecule has 3 aliphatic rings. The van der Waals surface area contributed by atoms with Gasteiger partial charge in [-0.3, -0.25) is 9.59 Å². The van der Waals surface area contributed by atoms with Gasteiger partial charge in [0.2, 0.25) is 0 Å². The Hall–Kier alpha value is -1.84. The van der Waals surface area contributed by atoms with Crippen LogP contribution in [0.3, 0.4) is 0 Å². The van der Waals surface area contributed by atoms with Gasteiger partial charge >= 0.3 is 11.9 Å². The number of rotatable bonds is 9. The molecule has 4 heteroatoms. The lowest BCUT2D eigenvalue weighted by Crippen LogP contribution is -2.30. The highest BCUT2D eigenvalue weighted by atomic mass is 16.5. The number of hydrogen-bond donors (Lipinski definition) is 0. The van der Waals surface area contributed by atoms with Gasteiger partial charge in [-0.05, 0) is 106 Å². The molecule has 3 aliphatic carbocycles. The van der Waals surface area contributed by atoms with Gasteiger partial charge in [0, 0.05) is 6.92 Å². The Bertz CT molecular complexity index is 807. The number of esters is 2. The van der Waals surface area contributed by atoms with E-state index in [9.17, 15) is 9.59 Å². The molecule has 0 amide bonds. The summed E-state index contributed by atoms with van der Waals surface area (Å²) >= 11 is 0. The van der Waals surface area contributed by atoms with E-state index in [0.29, 0.717) is 11.7 Å². The molecule has 0 N–H and O–H groups in total. The quantitative estimate of drug-likeness (QED) is 0.196. The Morgan fingerprint density at radius 1 is 0.778 bits per heavy atom. The van der Waals surface area contributed by atoms with Crippen molar-refractivity contribution in [3.05, 3.63) is 29.8 Å². The molecule has 0 radical (unpaired) electrons. The van der Waals surface area contributed by atoms with E-state index in [1.54, 1.807) is 0 Å². The monoisotopic (exact) mass is 496 g/mol. The van der Waals surface area contributed by atoms with Gasteiger partial charge in [0.15, 0.2) is 0 Å². The first-order valence-electron chi connectivity index (χ1n) is 15.0. The van der Waals surface area contributed by atoms with Crippen LogP contribution in [0.5, 0.6) is 5.75 Å². The van der Waals surface area contributed by atoms with Crippen molar-refractivity contribution < 1.29 is 19.1 Å². The summed E-state index contributed by atoms with van der Waals surface area (Å²) in [6.45, 7) is 3.78. The normalized spacial score (nSPS) is 30.9. The maximum Gasteiger partial charge on any atom is 0.314 e. The predicted octanol–water partition coefficient (Wildman–Crippen LogP) is 8.37. The van der Waals surface area contributed by atoms with Gasteiger partial charge in [0.1, 0.15) is 11.9 Å². The van der Waals surface area contributed by atoms with E-state index in [1.165, 1.54) is 76.7 Å². The van der Waals surface area contributed by atoms with Gasteiger partial charge in [-0.2, -0.15) is 0 Å². The van der Waals surface area contributed by atoms with E-state index in [0.717, 1.165) is 56.3 Å². The van der Waals surface area contributed by atoms with Gasteiger partial charge in [-0.15, -0.1) is 0 Å². The second-order valence-corrected chi connectivity index (χ2v) is 12.0. The van der Waals surface area contributed by atoms with E-state index in [-0.39, 0.29) is 24.0 Å². The zero-order valence-corrected chi connectivity index (χ0v) is 22.7. The van der Waals surface area contributed by atoms with E-state index >= 15 is 0 Å². The lowest BCUT2D eigenvalue weighted by Gasteiger charge is -2.37. The van der Waals surface area contributed by atoms with Crippen LogP contribution in [0, 0.1) is 23.7 Å². The van der Waals surface area contributed by atoms with E-state index in [1.807, 2.05) is 12.1 Å². The molecule has 0 atom stereocenters. The van der Waals surface area contributed by atoms with Gasteiger partial charge in [0.05, 0.1) is 5.92 Å². The molecule has 3 fully saturated rings. The standard InChI is InChI=1S/C32H48O4/c1-3-4-5-6-24-7-9-25(10-8-24)26-11-13-29(14-12-26)32(34)36-31-21-17-28(18-22-31)27-15-19-30(20-16-27)35-23(2)33/h17-18,21-22,24-27,29-30H,3-16,19-20H2,1-2H3. The first-order valence-corrected chi connectivity index (χ1v) is 15.0. The van der Waals surface area contributed by atoms with E-state index in [4.69, 9.17) is 9.47 Å². The first kappa shape index (κ1) is 27.2. The third-order valence-corrected chi connectivity index (χ3v) is 9.46. The summed E-state index contributed by atoms with van der Waals surface area (Å²) in [5.74, 6) is 3.68. The molecule has 0 heterocycles. The minimum absolute atomic E-state index is 0.0391. The van der Waals surface area contributed by atoms with Crippen molar-refractivity contribution in [2.24, 2.45) is 23.7 Å². The maximum absolute atomic E-state index is 12.9. The fourth-order valence-electron chi connectivity index (χ4n) is 7.21. The molecule has 3 saturated carbocycles. The minimum atomic E-state index is -0.182. The molecule has 4 rings (SSSR count). The number of ether oxygens (including phenoxy) is 2. The summed E-state index contributed by atoms with van der Waals surface area (Å²) in [7, 11) is 0. The zero-order chi connectivity index (χ0) is 25.3. The largest absolute Gasteiger partial charge is 0.463 e. The molecule has 0 unspecified atom stereocenters. The van der Waals surface area contributed by atoms with Crippen LogP contribution in [0.2, 0.25) is 0 Å². The summed E-state index contributed by atoms with van der Waals surface area (Å²) in [5.41, 5.74) is 1.29. The summed E-state index contributed by atoms with van der Waals surface area (Å²) in [5, 5.41) is 0. The second kappa shape index (κ2) is 13.6. The predicted molar refractivity (Wildman–Crippen MR) is 144 cm³/mol. The van der Waals surface area contributed by atoms with Crippen LogP contribution in [-0.4, -0.2) is 18.0 Å². The van der Waals surface area contributed by atoms with Crippen LogP contribution in [-0.2, 0) is 14.3 Å². The third kappa shape index (κ3) is 7.83. The SMILES string of the molecule is CCCCCC1CCC(C2CCC(C(=O)Oc3ccc(C4CCC(OC(C)=O)CC4)cc3)CC2)CC1. The van der Waals surface area contributed by atoms with Crippen molar-refractivity contribution in [3.8, 4) is 5.75 Å². The fourth-order valence-corrected chi connectivity index (χ4v) is 7.21. The number of hydrogen-bond acceptors (Lipinski definition) is 4. The first-order chi connectivity index (χ1) is 17.5. The minimum Gasteiger partial charge on any atom is -0.463 e. The van der Waals surface area contributed by atoms with Crippen molar-refractivity contribution in [1.82, 2.24) is 0 Å². The van der Waals surface area contributed by atoms with Crippen LogP contribution in [0.1, 0.15) is 128 Å². The Balaban J connectivity index is 1.16. The van der Waals surface area contributed by atoms with Gasteiger partial charge in [-0.25, -0.2) is 0 Å². The molecule has 0 bridgehead atoms. The average molecular weight is 497 g/mol. The highest BCUT2D eigenvalue weighted by Gasteiger charge is 2.33.